The van der Waals surface area contributed by atoms with Crippen LogP contribution in [0.2, 0.25) is 0 Å². The van der Waals surface area contributed by atoms with Crippen molar-refractivity contribution in [3.8, 4) is 17.9 Å². The van der Waals surface area contributed by atoms with E-state index in [0.717, 1.165) is 4.90 Å². The molecule has 0 aliphatic rings. The number of aliphatic carboxylic acids is 1. The SMILES string of the molecule is C[C@@H](C(=O)O)N(CC#Cc1ccc(C#N)cc1)C(=O)OC(C)(C)C. The Kier molecular flexibility index (Phi) is 6.38. The van der Waals surface area contributed by atoms with Gasteiger partial charge in [-0.3, -0.25) is 4.90 Å². The Hall–Kier alpha value is -2.99. The van der Waals surface area contributed by atoms with Crippen LogP contribution in [-0.2, 0) is 9.53 Å². The van der Waals surface area contributed by atoms with Gasteiger partial charge in [-0.05, 0) is 52.0 Å². The van der Waals surface area contributed by atoms with Gasteiger partial charge < -0.3 is 9.84 Å². The molecule has 1 amide bonds. The minimum atomic E-state index is -1.14. The predicted octanol–water partition coefficient (Wildman–Crippen LogP) is 2.62. The monoisotopic (exact) mass is 328 g/mol. The van der Waals surface area contributed by atoms with Crippen molar-refractivity contribution >= 4 is 12.1 Å². The maximum Gasteiger partial charge on any atom is 0.411 e. The highest BCUT2D eigenvalue weighted by Gasteiger charge is 2.29. The molecule has 6 nitrogen and oxygen atoms in total. The van der Waals surface area contributed by atoms with Crippen molar-refractivity contribution in [2.75, 3.05) is 6.54 Å². The molecular weight excluding hydrogens is 308 g/mol. The van der Waals surface area contributed by atoms with Gasteiger partial charge in [-0.25, -0.2) is 9.59 Å². The van der Waals surface area contributed by atoms with E-state index < -0.39 is 23.7 Å². The van der Waals surface area contributed by atoms with E-state index in [1.807, 2.05) is 6.07 Å². The Morgan fingerprint density at radius 2 is 1.79 bits per heavy atom. The molecule has 0 fully saturated rings. The van der Waals surface area contributed by atoms with Crippen molar-refractivity contribution in [2.24, 2.45) is 0 Å². The molecule has 0 spiro atoms. The number of carboxylic acid groups (broad SMARTS) is 1. The largest absolute Gasteiger partial charge is 0.480 e. The molecule has 0 bridgehead atoms. The van der Waals surface area contributed by atoms with Gasteiger partial charge in [-0.1, -0.05) is 11.8 Å². The van der Waals surface area contributed by atoms with Crippen LogP contribution in [0, 0.1) is 23.2 Å². The Morgan fingerprint density at radius 3 is 2.25 bits per heavy atom. The molecule has 0 heterocycles. The zero-order valence-electron chi connectivity index (χ0n) is 14.2. The topological polar surface area (TPSA) is 90.6 Å². The molecule has 0 aliphatic heterocycles. The fourth-order valence-corrected chi connectivity index (χ4v) is 1.67. The molecule has 1 aromatic carbocycles. The fourth-order valence-electron chi connectivity index (χ4n) is 1.67. The Labute approximate surface area is 141 Å². The molecule has 0 aromatic heterocycles. The molecule has 0 unspecified atom stereocenters. The second-order valence-electron chi connectivity index (χ2n) is 6.11. The standard InChI is InChI=1S/C18H20N2O4/c1-13(16(21)22)20(17(23)24-18(2,3)4)11-5-6-14-7-9-15(12-19)10-8-14/h7-10,13H,11H2,1-4H3,(H,21,22)/t13-/m0/s1. The molecular formula is C18H20N2O4. The van der Waals surface area contributed by atoms with E-state index in [-0.39, 0.29) is 6.54 Å². The van der Waals surface area contributed by atoms with E-state index in [1.54, 1.807) is 45.0 Å². The summed E-state index contributed by atoms with van der Waals surface area (Å²) in [4.78, 5) is 24.4. The molecule has 24 heavy (non-hydrogen) atoms. The number of carbonyl (C=O) groups excluding carboxylic acids is 1. The second-order valence-corrected chi connectivity index (χ2v) is 6.11. The summed E-state index contributed by atoms with van der Waals surface area (Å²) >= 11 is 0. The zero-order chi connectivity index (χ0) is 18.3. The Morgan fingerprint density at radius 1 is 1.25 bits per heavy atom. The van der Waals surface area contributed by atoms with Crippen LogP contribution in [0.5, 0.6) is 0 Å². The average Bonchev–Trinajstić information content (AvgIpc) is 2.49. The number of amides is 1. The lowest BCUT2D eigenvalue weighted by Gasteiger charge is -2.28. The van der Waals surface area contributed by atoms with E-state index in [9.17, 15) is 9.59 Å². The van der Waals surface area contributed by atoms with Crippen molar-refractivity contribution in [3.63, 3.8) is 0 Å². The second kappa shape index (κ2) is 8.03. The molecule has 0 saturated carbocycles. The minimum absolute atomic E-state index is 0.0810. The first-order valence-electron chi connectivity index (χ1n) is 7.35. The summed E-state index contributed by atoms with van der Waals surface area (Å²) in [6, 6.07) is 7.59. The van der Waals surface area contributed by atoms with Crippen LogP contribution >= 0.6 is 0 Å². The number of carbonyl (C=O) groups is 2. The summed E-state index contributed by atoms with van der Waals surface area (Å²) in [6.45, 7) is 6.43. The number of ether oxygens (including phenoxy) is 1. The van der Waals surface area contributed by atoms with Gasteiger partial charge in [0.25, 0.3) is 0 Å². The smallest absolute Gasteiger partial charge is 0.411 e. The first-order valence-corrected chi connectivity index (χ1v) is 7.35. The lowest BCUT2D eigenvalue weighted by Crippen LogP contribution is -2.45. The highest BCUT2D eigenvalue weighted by atomic mass is 16.6. The molecule has 0 saturated heterocycles. The lowest BCUT2D eigenvalue weighted by molar-refractivity contribution is -0.142. The van der Waals surface area contributed by atoms with Crippen LogP contribution < -0.4 is 0 Å². The number of rotatable bonds is 3. The van der Waals surface area contributed by atoms with E-state index >= 15 is 0 Å². The van der Waals surface area contributed by atoms with Crippen molar-refractivity contribution in [3.05, 3.63) is 35.4 Å². The maximum atomic E-state index is 12.2. The van der Waals surface area contributed by atoms with Crippen LogP contribution in [0.1, 0.15) is 38.8 Å². The van der Waals surface area contributed by atoms with E-state index in [2.05, 4.69) is 11.8 Å². The molecule has 1 atom stereocenters. The van der Waals surface area contributed by atoms with Crippen LogP contribution in [0.4, 0.5) is 4.79 Å². The number of hydrogen-bond acceptors (Lipinski definition) is 4. The molecule has 1 aromatic rings. The normalized spacial score (nSPS) is 11.5. The van der Waals surface area contributed by atoms with Crippen molar-refractivity contribution in [1.29, 1.82) is 5.26 Å². The van der Waals surface area contributed by atoms with Gasteiger partial charge in [0.1, 0.15) is 11.6 Å². The van der Waals surface area contributed by atoms with Gasteiger partial charge in [0.15, 0.2) is 0 Å². The number of carboxylic acids is 1. The highest BCUT2D eigenvalue weighted by molar-refractivity contribution is 5.80. The fraction of sp³-hybridized carbons (Fsp3) is 0.389. The first-order chi connectivity index (χ1) is 11.1. The predicted molar refractivity (Wildman–Crippen MR) is 88.1 cm³/mol. The molecule has 0 aliphatic carbocycles. The molecule has 126 valence electrons. The number of nitrogens with zero attached hydrogens (tertiary/aromatic N) is 2. The summed E-state index contributed by atoms with van der Waals surface area (Å²) in [5.74, 6) is 4.47. The Bertz CT molecular complexity index is 700. The van der Waals surface area contributed by atoms with Crippen molar-refractivity contribution < 1.29 is 19.4 Å². The number of benzene rings is 1. The van der Waals surface area contributed by atoms with E-state index in [1.165, 1.54) is 6.92 Å². The summed E-state index contributed by atoms with van der Waals surface area (Å²) in [7, 11) is 0. The van der Waals surface area contributed by atoms with E-state index in [4.69, 9.17) is 15.1 Å². The highest BCUT2D eigenvalue weighted by Crippen LogP contribution is 2.12. The molecule has 0 radical (unpaired) electrons. The third kappa shape index (κ3) is 6.02. The maximum absolute atomic E-state index is 12.2. The lowest BCUT2D eigenvalue weighted by atomic mass is 10.1. The van der Waals surface area contributed by atoms with Gasteiger partial charge in [-0.2, -0.15) is 5.26 Å². The quantitative estimate of drug-likeness (QED) is 0.861. The molecule has 1 N–H and O–H groups in total. The molecule has 6 heteroatoms. The van der Waals surface area contributed by atoms with Crippen molar-refractivity contribution in [2.45, 2.75) is 39.3 Å². The summed E-state index contributed by atoms with van der Waals surface area (Å²) in [5.41, 5.74) is 0.463. The Balaban J connectivity index is 2.89. The van der Waals surface area contributed by atoms with Crippen LogP contribution in [0.25, 0.3) is 0 Å². The van der Waals surface area contributed by atoms with Gasteiger partial charge in [0.2, 0.25) is 0 Å². The van der Waals surface area contributed by atoms with E-state index in [0.29, 0.717) is 11.1 Å². The number of nitriles is 1. The van der Waals surface area contributed by atoms with Gasteiger partial charge in [0, 0.05) is 5.56 Å². The van der Waals surface area contributed by atoms with Crippen molar-refractivity contribution in [1.82, 2.24) is 4.90 Å². The third-order valence-corrected chi connectivity index (χ3v) is 2.95. The molecule has 1 rings (SSSR count). The van der Waals surface area contributed by atoms with Crippen LogP contribution in [0.15, 0.2) is 24.3 Å². The average molecular weight is 328 g/mol. The first kappa shape index (κ1) is 19.1. The third-order valence-electron chi connectivity index (χ3n) is 2.95. The van der Waals surface area contributed by atoms with Gasteiger partial charge >= 0.3 is 12.1 Å². The van der Waals surface area contributed by atoms with Crippen LogP contribution in [0.3, 0.4) is 0 Å². The van der Waals surface area contributed by atoms with Gasteiger partial charge in [0.05, 0.1) is 18.2 Å². The van der Waals surface area contributed by atoms with Crippen LogP contribution in [-0.4, -0.2) is 40.3 Å². The summed E-state index contributed by atoms with van der Waals surface area (Å²) in [6.07, 6.45) is -0.730. The summed E-state index contributed by atoms with van der Waals surface area (Å²) < 4.78 is 5.22. The minimum Gasteiger partial charge on any atom is -0.480 e. The number of hydrogen-bond donors (Lipinski definition) is 1. The zero-order valence-corrected chi connectivity index (χ0v) is 14.2. The summed E-state index contributed by atoms with van der Waals surface area (Å²) in [5, 5.41) is 17.9. The van der Waals surface area contributed by atoms with Gasteiger partial charge in [-0.15, -0.1) is 0 Å².